The Balaban J connectivity index is 1.36. The van der Waals surface area contributed by atoms with Gasteiger partial charge in [-0.05, 0) is 35.0 Å². The van der Waals surface area contributed by atoms with E-state index in [1.807, 2.05) is 48.5 Å². The summed E-state index contributed by atoms with van der Waals surface area (Å²) in [6, 6.07) is 22.5. The Bertz CT molecular complexity index is 1050. The molecule has 5 nitrogen and oxygen atoms in total. The molecule has 0 saturated carbocycles. The van der Waals surface area contributed by atoms with E-state index >= 15 is 0 Å². The number of rotatable bonds is 5. The lowest BCUT2D eigenvalue weighted by Gasteiger charge is -2.14. The fourth-order valence-electron chi connectivity index (χ4n) is 3.22. The first-order chi connectivity index (χ1) is 13.6. The summed E-state index contributed by atoms with van der Waals surface area (Å²) in [5, 5.41) is 4.47. The predicted octanol–water partition coefficient (Wildman–Crippen LogP) is 3.84. The Hall–Kier alpha value is -3.12. The zero-order valence-electron chi connectivity index (χ0n) is 15.0. The summed E-state index contributed by atoms with van der Waals surface area (Å²) in [5.41, 5.74) is 1.28. The van der Waals surface area contributed by atoms with Crippen molar-refractivity contribution < 1.29 is 14.4 Å². The number of anilines is 2. The molecule has 1 aliphatic rings. The van der Waals surface area contributed by atoms with Crippen LogP contribution in [0.3, 0.4) is 0 Å². The van der Waals surface area contributed by atoms with Crippen molar-refractivity contribution >= 4 is 51.6 Å². The first-order valence-corrected chi connectivity index (χ1v) is 9.99. The van der Waals surface area contributed by atoms with Crippen molar-refractivity contribution in [1.29, 1.82) is 0 Å². The van der Waals surface area contributed by atoms with E-state index in [-0.39, 0.29) is 29.9 Å². The second kappa shape index (κ2) is 7.86. The molecule has 3 aromatic carbocycles. The predicted molar refractivity (Wildman–Crippen MR) is 112 cm³/mol. The van der Waals surface area contributed by atoms with E-state index in [2.05, 4.69) is 5.32 Å². The normalized spacial score (nSPS) is 16.6. The average Bonchev–Trinajstić information content (AvgIpc) is 3.00. The number of carbonyl (C=O) groups is 3. The lowest BCUT2D eigenvalue weighted by atomic mass is 10.1. The van der Waals surface area contributed by atoms with E-state index in [1.54, 1.807) is 24.3 Å². The van der Waals surface area contributed by atoms with Crippen LogP contribution < -0.4 is 10.2 Å². The largest absolute Gasteiger partial charge is 0.325 e. The second-order valence-corrected chi connectivity index (χ2v) is 7.71. The smallest absolute Gasteiger partial charge is 0.247 e. The van der Waals surface area contributed by atoms with Crippen LogP contribution in [0.4, 0.5) is 11.4 Å². The monoisotopic (exact) mass is 390 g/mol. The number of nitrogens with zero attached hydrogens (tertiary/aromatic N) is 1. The van der Waals surface area contributed by atoms with Crippen LogP contribution in [0.15, 0.2) is 72.8 Å². The summed E-state index contributed by atoms with van der Waals surface area (Å²) >= 11 is 1.20. The van der Waals surface area contributed by atoms with Crippen molar-refractivity contribution in [1.82, 2.24) is 0 Å². The van der Waals surface area contributed by atoms with Gasteiger partial charge in [-0.15, -0.1) is 11.8 Å². The summed E-state index contributed by atoms with van der Waals surface area (Å²) in [7, 11) is 0. The maximum Gasteiger partial charge on any atom is 0.247 e. The van der Waals surface area contributed by atoms with Gasteiger partial charge < -0.3 is 5.32 Å². The van der Waals surface area contributed by atoms with Gasteiger partial charge >= 0.3 is 0 Å². The Morgan fingerprint density at radius 2 is 1.68 bits per heavy atom. The minimum Gasteiger partial charge on any atom is -0.325 e. The Morgan fingerprint density at radius 1 is 0.964 bits per heavy atom. The molecule has 0 aromatic heterocycles. The maximum atomic E-state index is 12.6. The Kier molecular flexibility index (Phi) is 5.12. The molecule has 0 spiro atoms. The standard InChI is InChI=1S/C22H18N2O3S/c25-20(23-17-11-10-15-6-4-5-7-16(15)12-17)14-28-19-13-21(26)24(22(19)27)18-8-2-1-3-9-18/h1-12,19H,13-14H2,(H,23,25). The van der Waals surface area contributed by atoms with E-state index in [0.717, 1.165) is 10.8 Å². The van der Waals surface area contributed by atoms with Crippen LogP contribution in [0.1, 0.15) is 6.42 Å². The van der Waals surface area contributed by atoms with Crippen LogP contribution >= 0.6 is 11.8 Å². The molecule has 1 N–H and O–H groups in total. The fourth-order valence-corrected chi connectivity index (χ4v) is 4.16. The van der Waals surface area contributed by atoms with Crippen molar-refractivity contribution in [2.24, 2.45) is 0 Å². The number of hydrogen-bond donors (Lipinski definition) is 1. The molecule has 140 valence electrons. The summed E-state index contributed by atoms with van der Waals surface area (Å²) in [6.45, 7) is 0. The molecule has 0 aliphatic carbocycles. The summed E-state index contributed by atoms with van der Waals surface area (Å²) in [4.78, 5) is 38.3. The first-order valence-electron chi connectivity index (χ1n) is 8.94. The van der Waals surface area contributed by atoms with Crippen LogP contribution in [0.25, 0.3) is 10.8 Å². The third-order valence-corrected chi connectivity index (χ3v) is 5.77. The van der Waals surface area contributed by atoms with Crippen molar-refractivity contribution in [3.05, 3.63) is 72.8 Å². The van der Waals surface area contributed by atoms with Gasteiger partial charge in [0.25, 0.3) is 0 Å². The number of imide groups is 1. The third kappa shape index (κ3) is 3.77. The summed E-state index contributed by atoms with van der Waals surface area (Å²) < 4.78 is 0. The van der Waals surface area contributed by atoms with Crippen molar-refractivity contribution in [3.63, 3.8) is 0 Å². The minimum absolute atomic E-state index is 0.110. The van der Waals surface area contributed by atoms with E-state index in [1.165, 1.54) is 16.7 Å². The number of benzene rings is 3. The number of carbonyl (C=O) groups excluding carboxylic acids is 3. The van der Waals surface area contributed by atoms with Crippen LogP contribution in [0.2, 0.25) is 0 Å². The molecule has 28 heavy (non-hydrogen) atoms. The number of thioether (sulfide) groups is 1. The molecular formula is C22H18N2O3S. The summed E-state index contributed by atoms with van der Waals surface area (Å²) in [5.74, 6) is -0.582. The second-order valence-electron chi connectivity index (χ2n) is 6.52. The van der Waals surface area contributed by atoms with Crippen molar-refractivity contribution in [3.8, 4) is 0 Å². The molecule has 0 bridgehead atoms. The molecule has 3 amide bonds. The van der Waals surface area contributed by atoms with E-state index in [0.29, 0.717) is 11.4 Å². The average molecular weight is 390 g/mol. The molecule has 1 unspecified atom stereocenters. The molecule has 1 fully saturated rings. The van der Waals surface area contributed by atoms with Gasteiger partial charge in [-0.1, -0.05) is 48.5 Å². The SMILES string of the molecule is O=C(CSC1CC(=O)N(c2ccccc2)C1=O)Nc1ccc2ccccc2c1. The highest BCUT2D eigenvalue weighted by Crippen LogP contribution is 2.29. The highest BCUT2D eigenvalue weighted by Gasteiger charge is 2.39. The van der Waals surface area contributed by atoms with Gasteiger partial charge in [0, 0.05) is 12.1 Å². The zero-order valence-corrected chi connectivity index (χ0v) is 15.8. The van der Waals surface area contributed by atoms with Crippen LogP contribution in [-0.4, -0.2) is 28.7 Å². The maximum absolute atomic E-state index is 12.6. The lowest BCUT2D eigenvalue weighted by molar-refractivity contribution is -0.121. The number of fused-ring (bicyclic) bond motifs is 1. The van der Waals surface area contributed by atoms with Gasteiger partial charge in [-0.25, -0.2) is 4.90 Å². The molecule has 6 heteroatoms. The van der Waals surface area contributed by atoms with Gasteiger partial charge in [-0.3, -0.25) is 14.4 Å². The van der Waals surface area contributed by atoms with Crippen molar-refractivity contribution in [2.75, 3.05) is 16.0 Å². The molecule has 1 saturated heterocycles. The molecule has 1 atom stereocenters. The fraction of sp³-hybridized carbons (Fsp3) is 0.136. The van der Waals surface area contributed by atoms with E-state index in [9.17, 15) is 14.4 Å². The first kappa shape index (κ1) is 18.3. The molecule has 1 heterocycles. The van der Waals surface area contributed by atoms with Gasteiger partial charge in [0.05, 0.1) is 16.7 Å². The lowest BCUT2D eigenvalue weighted by Crippen LogP contribution is -2.31. The molecule has 0 radical (unpaired) electrons. The van der Waals surface area contributed by atoms with Crippen LogP contribution in [0, 0.1) is 0 Å². The van der Waals surface area contributed by atoms with Gasteiger partial charge in [0.2, 0.25) is 17.7 Å². The van der Waals surface area contributed by atoms with Crippen LogP contribution in [0.5, 0.6) is 0 Å². The van der Waals surface area contributed by atoms with Gasteiger partial charge in [-0.2, -0.15) is 0 Å². The number of hydrogen-bond acceptors (Lipinski definition) is 4. The molecule has 1 aliphatic heterocycles. The topological polar surface area (TPSA) is 66.5 Å². The third-order valence-electron chi connectivity index (χ3n) is 4.57. The highest BCUT2D eigenvalue weighted by atomic mass is 32.2. The Morgan fingerprint density at radius 3 is 2.46 bits per heavy atom. The molecule has 3 aromatic rings. The zero-order chi connectivity index (χ0) is 19.5. The quantitative estimate of drug-likeness (QED) is 0.672. The molecule has 4 rings (SSSR count). The van der Waals surface area contributed by atoms with Gasteiger partial charge in [0.1, 0.15) is 0 Å². The Labute approximate surface area is 166 Å². The number of nitrogens with one attached hydrogen (secondary N) is 1. The molecular weight excluding hydrogens is 372 g/mol. The highest BCUT2D eigenvalue weighted by molar-refractivity contribution is 8.01. The van der Waals surface area contributed by atoms with Crippen molar-refractivity contribution in [2.45, 2.75) is 11.7 Å². The number of para-hydroxylation sites is 1. The number of amides is 3. The van der Waals surface area contributed by atoms with Gasteiger partial charge in [0.15, 0.2) is 0 Å². The summed E-state index contributed by atoms with van der Waals surface area (Å²) in [6.07, 6.45) is 0.113. The van der Waals surface area contributed by atoms with E-state index < -0.39 is 5.25 Å². The minimum atomic E-state index is -0.532. The van der Waals surface area contributed by atoms with E-state index in [4.69, 9.17) is 0 Å². The van der Waals surface area contributed by atoms with Crippen LogP contribution in [-0.2, 0) is 14.4 Å².